The van der Waals surface area contributed by atoms with Crippen molar-refractivity contribution in [3.05, 3.63) is 58.1 Å². The number of hydrogen-bond donors (Lipinski definition) is 3. The predicted molar refractivity (Wildman–Crippen MR) is 98.8 cm³/mol. The monoisotopic (exact) mass is 438 g/mol. The van der Waals surface area contributed by atoms with Gasteiger partial charge in [0.1, 0.15) is 0 Å². The molecule has 0 radical (unpaired) electrons. The van der Waals surface area contributed by atoms with Crippen LogP contribution in [0.1, 0.15) is 33.6 Å². The first-order valence-electron chi connectivity index (χ1n) is 7.73. The third kappa shape index (κ3) is 4.23. The lowest BCUT2D eigenvalue weighted by atomic mass is 10.2. The summed E-state index contributed by atoms with van der Waals surface area (Å²) in [5.74, 6) is -1.50. The molecule has 1 aliphatic rings. The van der Waals surface area contributed by atoms with Gasteiger partial charge in [0.05, 0.1) is 10.5 Å². The first kappa shape index (κ1) is 18.4. The van der Waals surface area contributed by atoms with Crippen molar-refractivity contribution in [1.82, 2.24) is 5.32 Å². The van der Waals surface area contributed by atoms with Crippen LogP contribution in [0.25, 0.3) is 0 Å². The van der Waals surface area contributed by atoms with Crippen molar-refractivity contribution in [1.29, 1.82) is 0 Å². The number of rotatable bonds is 6. The van der Waals surface area contributed by atoms with Gasteiger partial charge >= 0.3 is 5.97 Å². The number of carboxylic acids is 1. The second-order valence-electron chi connectivity index (χ2n) is 5.88. The maximum Gasteiger partial charge on any atom is 0.336 e. The maximum absolute atomic E-state index is 12.5. The summed E-state index contributed by atoms with van der Waals surface area (Å²) in [6.07, 6.45) is 1.90. The summed E-state index contributed by atoms with van der Waals surface area (Å²) in [6.45, 7) is 0. The zero-order chi connectivity index (χ0) is 18.9. The van der Waals surface area contributed by atoms with E-state index in [2.05, 4.69) is 26.0 Å². The van der Waals surface area contributed by atoms with Crippen LogP contribution in [0.3, 0.4) is 0 Å². The van der Waals surface area contributed by atoms with Gasteiger partial charge in [0.15, 0.2) is 0 Å². The van der Waals surface area contributed by atoms with Crippen molar-refractivity contribution in [3.63, 3.8) is 0 Å². The van der Waals surface area contributed by atoms with Crippen LogP contribution in [-0.4, -0.2) is 31.4 Å². The summed E-state index contributed by atoms with van der Waals surface area (Å²) in [5.41, 5.74) is 0.401. The largest absolute Gasteiger partial charge is 0.478 e. The Kier molecular flexibility index (Phi) is 5.01. The Balaban J connectivity index is 1.84. The second-order valence-corrected chi connectivity index (χ2v) is 8.42. The Labute approximate surface area is 158 Å². The van der Waals surface area contributed by atoms with Gasteiger partial charge in [0.25, 0.3) is 15.9 Å². The third-order valence-electron chi connectivity index (χ3n) is 3.77. The molecule has 1 fully saturated rings. The van der Waals surface area contributed by atoms with Crippen LogP contribution in [0, 0.1) is 0 Å². The molecule has 7 nitrogen and oxygen atoms in total. The fourth-order valence-corrected chi connectivity index (χ4v) is 3.76. The Morgan fingerprint density at radius 2 is 1.85 bits per heavy atom. The lowest BCUT2D eigenvalue weighted by Gasteiger charge is -2.11. The van der Waals surface area contributed by atoms with Gasteiger partial charge < -0.3 is 10.4 Å². The van der Waals surface area contributed by atoms with Crippen LogP contribution in [0.5, 0.6) is 0 Å². The normalized spacial score (nSPS) is 13.9. The highest BCUT2D eigenvalue weighted by Gasteiger charge is 2.24. The van der Waals surface area contributed by atoms with E-state index in [1.807, 2.05) is 0 Å². The number of benzene rings is 2. The number of carbonyl (C=O) groups excluding carboxylic acids is 1. The average Bonchev–Trinajstić information content (AvgIpc) is 3.38. The molecule has 3 N–H and O–H groups in total. The molecule has 3 rings (SSSR count). The van der Waals surface area contributed by atoms with Gasteiger partial charge in [-0.25, -0.2) is 13.2 Å². The molecular weight excluding hydrogens is 424 g/mol. The average molecular weight is 439 g/mol. The van der Waals surface area contributed by atoms with Crippen LogP contribution in [-0.2, 0) is 10.0 Å². The second kappa shape index (κ2) is 7.08. The molecule has 0 spiro atoms. The number of amides is 1. The van der Waals surface area contributed by atoms with Gasteiger partial charge in [-0.15, -0.1) is 0 Å². The molecule has 2 aromatic rings. The van der Waals surface area contributed by atoms with E-state index in [4.69, 9.17) is 5.11 Å². The van der Waals surface area contributed by atoms with Gasteiger partial charge in [-0.2, -0.15) is 0 Å². The molecule has 0 bridgehead atoms. The van der Waals surface area contributed by atoms with Crippen LogP contribution in [0.4, 0.5) is 5.69 Å². The van der Waals surface area contributed by atoms with Crippen molar-refractivity contribution in [2.45, 2.75) is 23.8 Å². The smallest absolute Gasteiger partial charge is 0.336 e. The number of carboxylic acid groups (broad SMARTS) is 1. The number of halogens is 1. The quantitative estimate of drug-likeness (QED) is 0.641. The van der Waals surface area contributed by atoms with E-state index in [0.29, 0.717) is 5.56 Å². The zero-order valence-corrected chi connectivity index (χ0v) is 15.8. The van der Waals surface area contributed by atoms with Gasteiger partial charge in [0.2, 0.25) is 0 Å². The van der Waals surface area contributed by atoms with Crippen LogP contribution >= 0.6 is 15.9 Å². The van der Waals surface area contributed by atoms with Crippen molar-refractivity contribution in [2.75, 3.05) is 4.72 Å². The third-order valence-corrected chi connectivity index (χ3v) is 5.84. The summed E-state index contributed by atoms with van der Waals surface area (Å²) >= 11 is 3.07. The first-order chi connectivity index (χ1) is 12.3. The fourth-order valence-electron chi connectivity index (χ4n) is 2.27. The van der Waals surface area contributed by atoms with Crippen molar-refractivity contribution < 1.29 is 23.1 Å². The lowest BCUT2D eigenvalue weighted by molar-refractivity contribution is 0.0695. The Morgan fingerprint density at radius 3 is 2.50 bits per heavy atom. The Bertz CT molecular complexity index is 986. The van der Waals surface area contributed by atoms with Crippen LogP contribution < -0.4 is 10.0 Å². The molecule has 0 heterocycles. The van der Waals surface area contributed by atoms with Crippen LogP contribution in [0.2, 0.25) is 0 Å². The highest BCUT2D eigenvalue weighted by Crippen LogP contribution is 2.24. The highest BCUT2D eigenvalue weighted by atomic mass is 79.9. The molecule has 1 saturated carbocycles. The minimum atomic E-state index is -4.01. The summed E-state index contributed by atoms with van der Waals surface area (Å²) in [4.78, 5) is 23.1. The van der Waals surface area contributed by atoms with E-state index in [0.717, 1.165) is 18.9 Å². The molecule has 0 atom stereocenters. The molecule has 0 aliphatic heterocycles. The number of sulfonamides is 1. The number of carbonyl (C=O) groups is 2. The Morgan fingerprint density at radius 1 is 1.12 bits per heavy atom. The van der Waals surface area contributed by atoms with Gasteiger partial charge in [-0.3, -0.25) is 9.52 Å². The topological polar surface area (TPSA) is 113 Å². The molecule has 0 saturated heterocycles. The Hall–Kier alpha value is -2.39. The van der Waals surface area contributed by atoms with E-state index in [1.54, 1.807) is 12.1 Å². The fraction of sp³-hybridized carbons (Fsp3) is 0.176. The number of hydrogen-bond acceptors (Lipinski definition) is 4. The summed E-state index contributed by atoms with van der Waals surface area (Å²) in [5, 5.41) is 12.0. The summed E-state index contributed by atoms with van der Waals surface area (Å²) < 4.78 is 27.7. The summed E-state index contributed by atoms with van der Waals surface area (Å²) in [6, 6.07) is 10.0. The standard InChI is InChI=1S/C17H15BrN2O5S/c18-15-7-6-13(9-14(15)17(22)23)26(24,25)20-12-3-1-2-10(8-12)16(21)19-11-4-5-11/h1-3,6-9,11,20H,4-5H2,(H,19,21)(H,22,23). The molecule has 9 heteroatoms. The molecule has 1 aliphatic carbocycles. The highest BCUT2D eigenvalue weighted by molar-refractivity contribution is 9.10. The molecule has 0 aromatic heterocycles. The minimum Gasteiger partial charge on any atom is -0.478 e. The number of aromatic carboxylic acids is 1. The predicted octanol–water partition coefficient (Wildman–Crippen LogP) is 2.84. The zero-order valence-electron chi connectivity index (χ0n) is 13.4. The van der Waals surface area contributed by atoms with Gasteiger partial charge in [0, 0.05) is 21.8 Å². The van der Waals surface area contributed by atoms with Crippen molar-refractivity contribution >= 4 is 43.5 Å². The minimum absolute atomic E-state index is 0.162. The van der Waals surface area contributed by atoms with E-state index in [9.17, 15) is 18.0 Å². The van der Waals surface area contributed by atoms with E-state index in [-0.39, 0.29) is 32.6 Å². The van der Waals surface area contributed by atoms with Crippen molar-refractivity contribution in [2.24, 2.45) is 0 Å². The maximum atomic E-state index is 12.5. The van der Waals surface area contributed by atoms with Crippen molar-refractivity contribution in [3.8, 4) is 0 Å². The van der Waals surface area contributed by atoms with Gasteiger partial charge in [-0.05, 0) is 65.2 Å². The molecule has 0 unspecified atom stereocenters. The van der Waals surface area contributed by atoms with Gasteiger partial charge in [-0.1, -0.05) is 6.07 Å². The van der Waals surface area contributed by atoms with E-state index >= 15 is 0 Å². The summed E-state index contributed by atoms with van der Waals surface area (Å²) in [7, 11) is -4.01. The SMILES string of the molecule is O=C(NC1CC1)c1cccc(NS(=O)(=O)c2ccc(Br)c(C(=O)O)c2)c1. The molecule has 2 aromatic carbocycles. The first-order valence-corrected chi connectivity index (χ1v) is 10.0. The van der Waals surface area contributed by atoms with E-state index < -0.39 is 16.0 Å². The number of anilines is 1. The van der Waals surface area contributed by atoms with E-state index in [1.165, 1.54) is 24.3 Å². The van der Waals surface area contributed by atoms with Crippen LogP contribution in [0.15, 0.2) is 51.8 Å². The molecular formula is C17H15BrN2O5S. The number of nitrogens with one attached hydrogen (secondary N) is 2. The molecule has 136 valence electrons. The molecule has 26 heavy (non-hydrogen) atoms. The molecule has 1 amide bonds. The lowest BCUT2D eigenvalue weighted by Crippen LogP contribution is -2.25.